The average Bonchev–Trinajstić information content (AvgIpc) is 1.65. The van der Waals surface area contributed by atoms with Crippen molar-refractivity contribution < 1.29 is 9.53 Å². The van der Waals surface area contributed by atoms with Crippen molar-refractivity contribution in [2.45, 2.75) is 0 Å². The van der Waals surface area contributed by atoms with Crippen LogP contribution in [0.5, 0.6) is 0 Å². The van der Waals surface area contributed by atoms with Gasteiger partial charge < -0.3 is 16.2 Å². The van der Waals surface area contributed by atoms with E-state index in [1.54, 1.807) is 0 Å². The van der Waals surface area contributed by atoms with Crippen LogP contribution >= 0.6 is 24.8 Å². The van der Waals surface area contributed by atoms with Crippen molar-refractivity contribution in [2.75, 3.05) is 7.11 Å². The normalized spacial score (nSPS) is 6.44. The molecular weight excluding hydrogens is 160 g/mol. The zero-order chi connectivity index (χ0) is 7.86. The highest BCUT2D eigenvalue weighted by molar-refractivity contribution is 7.96. The van der Waals surface area contributed by atoms with Crippen LogP contribution in [0.25, 0.3) is 0 Å². The maximum absolute atomic E-state index is 9.09. The summed E-state index contributed by atoms with van der Waals surface area (Å²) in [6, 6.07) is 0. The standard InChI is InChI=1S/C2H5NOS.CH3NOS/c1-4-2(3)5;2-1(3)4/h1H3,(H2,3,5);(H3,2,3,4). The van der Waals surface area contributed by atoms with Gasteiger partial charge in [-0.15, -0.1) is 0 Å². The van der Waals surface area contributed by atoms with E-state index in [1.807, 2.05) is 0 Å². The number of rotatable bonds is 0. The number of nitrogens with two attached hydrogens (primary N) is 2. The summed E-state index contributed by atoms with van der Waals surface area (Å²) in [5.74, 6) is 0. The van der Waals surface area contributed by atoms with Crippen molar-refractivity contribution in [3.05, 3.63) is 0 Å². The zero-order valence-corrected chi connectivity index (χ0v) is 6.54. The van der Waals surface area contributed by atoms with E-state index < -0.39 is 5.24 Å². The lowest BCUT2D eigenvalue weighted by atomic mass is 11.3. The Morgan fingerprint density at radius 2 is 1.78 bits per heavy atom. The highest BCUT2D eigenvalue weighted by Crippen LogP contribution is 1.60. The van der Waals surface area contributed by atoms with Gasteiger partial charge in [-0.1, -0.05) is 12.6 Å². The van der Waals surface area contributed by atoms with E-state index in [0.717, 1.165) is 0 Å². The minimum atomic E-state index is -0.639. The quantitative estimate of drug-likeness (QED) is 0.348. The zero-order valence-electron chi connectivity index (χ0n) is 4.83. The van der Waals surface area contributed by atoms with Crippen LogP contribution in [-0.2, 0) is 4.74 Å². The molecule has 0 aromatic carbocycles. The molecule has 0 saturated heterocycles. The van der Waals surface area contributed by atoms with Crippen LogP contribution in [0.1, 0.15) is 0 Å². The van der Waals surface area contributed by atoms with Gasteiger partial charge in [-0.25, -0.2) is 0 Å². The number of ether oxygens (including phenoxy) is 1. The molecule has 0 radical (unpaired) electrons. The Bertz CT molecular complexity index is 102. The molecule has 9 heavy (non-hydrogen) atoms. The van der Waals surface area contributed by atoms with Crippen LogP contribution in [0.4, 0.5) is 4.79 Å². The van der Waals surface area contributed by atoms with Crippen LogP contribution in [-0.4, -0.2) is 17.5 Å². The molecule has 0 aliphatic carbocycles. The molecule has 4 N–H and O–H groups in total. The van der Waals surface area contributed by atoms with Crippen molar-refractivity contribution in [2.24, 2.45) is 11.5 Å². The molecule has 0 fully saturated rings. The average molecular weight is 168 g/mol. The van der Waals surface area contributed by atoms with E-state index in [2.05, 4.69) is 35.3 Å². The number of methoxy groups -OCH3 is 1. The Balaban J connectivity index is 0. The van der Waals surface area contributed by atoms with Crippen LogP contribution < -0.4 is 11.5 Å². The summed E-state index contributed by atoms with van der Waals surface area (Å²) < 4.78 is 4.26. The van der Waals surface area contributed by atoms with Crippen molar-refractivity contribution in [3.8, 4) is 0 Å². The molecular formula is C3H8N2O2S2. The van der Waals surface area contributed by atoms with Gasteiger partial charge in [0.2, 0.25) is 0 Å². The third-order valence-corrected chi connectivity index (χ3v) is 0.368. The minimum absolute atomic E-state index is 0.0880. The third kappa shape index (κ3) is 100.0. The predicted octanol–water partition coefficient (Wildman–Crippen LogP) is -0.129. The largest absolute Gasteiger partial charge is 0.475 e. The number of hydrogen-bond donors (Lipinski definition) is 3. The lowest BCUT2D eigenvalue weighted by molar-refractivity contribution is 0.267. The van der Waals surface area contributed by atoms with Crippen LogP contribution in [0.3, 0.4) is 0 Å². The molecule has 0 rings (SSSR count). The lowest BCUT2D eigenvalue weighted by Gasteiger charge is -1.85. The van der Waals surface area contributed by atoms with E-state index in [1.165, 1.54) is 7.11 Å². The van der Waals surface area contributed by atoms with Gasteiger partial charge in [0.15, 0.2) is 0 Å². The number of carbonyl (C=O) groups excluding carboxylic acids is 1. The van der Waals surface area contributed by atoms with Gasteiger partial charge in [0.05, 0.1) is 7.11 Å². The van der Waals surface area contributed by atoms with Crippen molar-refractivity contribution in [1.82, 2.24) is 0 Å². The minimum Gasteiger partial charge on any atom is -0.475 e. The smallest absolute Gasteiger partial charge is 0.273 e. The molecule has 6 heteroatoms. The summed E-state index contributed by atoms with van der Waals surface area (Å²) in [5, 5.41) is -0.551. The Hall–Kier alpha value is -0.490. The summed E-state index contributed by atoms with van der Waals surface area (Å²) in [7, 11) is 1.43. The summed E-state index contributed by atoms with van der Waals surface area (Å²) in [5.41, 5.74) is 9.14. The molecule has 0 bridgehead atoms. The summed E-state index contributed by atoms with van der Waals surface area (Å²) in [6.45, 7) is 0. The van der Waals surface area contributed by atoms with Crippen LogP contribution in [0, 0.1) is 0 Å². The Morgan fingerprint density at radius 1 is 1.67 bits per heavy atom. The first kappa shape index (κ1) is 11.3. The van der Waals surface area contributed by atoms with E-state index >= 15 is 0 Å². The second kappa shape index (κ2) is 7.51. The fourth-order valence-corrected chi connectivity index (χ4v) is 0. The molecule has 1 amide bonds. The molecule has 0 aliphatic heterocycles. The van der Waals surface area contributed by atoms with Crippen LogP contribution in [0.15, 0.2) is 0 Å². The van der Waals surface area contributed by atoms with Gasteiger partial charge in [-0.3, -0.25) is 4.79 Å². The van der Waals surface area contributed by atoms with E-state index in [9.17, 15) is 0 Å². The number of amides is 1. The summed E-state index contributed by atoms with van der Waals surface area (Å²) in [6.07, 6.45) is 0. The first-order valence-corrected chi connectivity index (χ1v) is 2.68. The maximum atomic E-state index is 9.09. The molecule has 0 saturated carbocycles. The van der Waals surface area contributed by atoms with Gasteiger partial charge >= 0.3 is 0 Å². The Morgan fingerprint density at radius 3 is 1.78 bits per heavy atom. The van der Waals surface area contributed by atoms with E-state index in [4.69, 9.17) is 10.5 Å². The van der Waals surface area contributed by atoms with Gasteiger partial charge in [-0.2, -0.15) is 0 Å². The molecule has 0 spiro atoms. The molecule has 0 aromatic heterocycles. The lowest BCUT2D eigenvalue weighted by Crippen LogP contribution is -2.08. The third-order valence-electron chi connectivity index (χ3n) is 0.201. The summed E-state index contributed by atoms with van der Waals surface area (Å²) in [4.78, 5) is 9.09. The molecule has 0 aromatic rings. The second-order valence-corrected chi connectivity index (χ2v) is 1.70. The first-order valence-electron chi connectivity index (χ1n) is 1.82. The highest BCUT2D eigenvalue weighted by Gasteiger charge is 1.69. The number of thiocarbonyl (C=S) groups is 1. The molecule has 4 nitrogen and oxygen atoms in total. The number of hydrogen-bond acceptors (Lipinski definition) is 3. The highest BCUT2D eigenvalue weighted by atomic mass is 32.1. The number of primary amides is 1. The van der Waals surface area contributed by atoms with Crippen molar-refractivity contribution in [1.29, 1.82) is 0 Å². The Labute approximate surface area is 63.9 Å². The van der Waals surface area contributed by atoms with Crippen LogP contribution in [0.2, 0.25) is 0 Å². The maximum Gasteiger partial charge on any atom is 0.273 e. The van der Waals surface area contributed by atoms with Gasteiger partial charge in [0, 0.05) is 0 Å². The van der Waals surface area contributed by atoms with Crippen molar-refractivity contribution >= 4 is 35.3 Å². The molecule has 0 atom stereocenters. The topological polar surface area (TPSA) is 78.3 Å². The Kier molecular flexibility index (Phi) is 9.45. The van der Waals surface area contributed by atoms with E-state index in [-0.39, 0.29) is 5.17 Å². The molecule has 54 valence electrons. The molecule has 0 aliphatic rings. The van der Waals surface area contributed by atoms with E-state index in [0.29, 0.717) is 0 Å². The number of thiol groups is 1. The van der Waals surface area contributed by atoms with Gasteiger partial charge in [-0.05, 0) is 12.2 Å². The van der Waals surface area contributed by atoms with Gasteiger partial charge in [0.1, 0.15) is 0 Å². The monoisotopic (exact) mass is 168 g/mol. The fourth-order valence-electron chi connectivity index (χ4n) is 0. The molecule has 0 unspecified atom stereocenters. The second-order valence-electron chi connectivity index (χ2n) is 0.861. The predicted molar refractivity (Wildman–Crippen MR) is 42.4 cm³/mol. The first-order chi connectivity index (χ1) is 4.00. The van der Waals surface area contributed by atoms with Gasteiger partial charge in [0.25, 0.3) is 10.4 Å². The van der Waals surface area contributed by atoms with Crippen molar-refractivity contribution in [3.63, 3.8) is 0 Å². The fraction of sp³-hybridized carbons (Fsp3) is 0.333. The summed E-state index contributed by atoms with van der Waals surface area (Å²) >= 11 is 7.36. The SMILES string of the molecule is COC(N)=S.NC(=O)S. The number of carbonyl (C=O) groups is 1. The molecule has 0 heterocycles.